The van der Waals surface area contributed by atoms with Gasteiger partial charge in [0.15, 0.2) is 0 Å². The van der Waals surface area contributed by atoms with Gasteiger partial charge in [-0.15, -0.1) is 11.3 Å². The Labute approximate surface area is 157 Å². The fourth-order valence-corrected chi connectivity index (χ4v) is 3.85. The predicted molar refractivity (Wildman–Crippen MR) is 103 cm³/mol. The van der Waals surface area contributed by atoms with Crippen molar-refractivity contribution in [2.24, 2.45) is 0 Å². The van der Waals surface area contributed by atoms with Crippen LogP contribution in [0.4, 0.5) is 10.1 Å². The molecule has 2 aromatic heterocycles. The molecule has 2 aromatic carbocycles. The lowest BCUT2D eigenvalue weighted by atomic mass is 10.3. The van der Waals surface area contributed by atoms with Crippen LogP contribution in [0.1, 0.15) is 15.4 Å². The summed E-state index contributed by atoms with van der Waals surface area (Å²) < 4.78 is 14.8. The number of anilines is 1. The number of aryl methyl sites for hydroxylation is 1. The van der Waals surface area contributed by atoms with Crippen molar-refractivity contribution in [1.82, 2.24) is 9.78 Å². The molecule has 0 bridgehead atoms. The number of rotatable bonds is 3. The SMILES string of the molecule is Cc1nn(-c2ccc(Cl)cc2)c2sc(C(=O)Nc3ccc(F)cc3)cc12. The second-order valence-electron chi connectivity index (χ2n) is 5.76. The first-order valence-electron chi connectivity index (χ1n) is 7.83. The summed E-state index contributed by atoms with van der Waals surface area (Å²) in [5.41, 5.74) is 2.26. The van der Waals surface area contributed by atoms with Gasteiger partial charge in [0.1, 0.15) is 10.6 Å². The molecule has 0 aliphatic heterocycles. The van der Waals surface area contributed by atoms with Crippen molar-refractivity contribution in [3.63, 3.8) is 0 Å². The molecule has 0 fully saturated rings. The van der Waals surface area contributed by atoms with Crippen molar-refractivity contribution in [3.8, 4) is 5.69 Å². The van der Waals surface area contributed by atoms with Crippen molar-refractivity contribution in [3.05, 3.63) is 76.0 Å². The Bertz CT molecular complexity index is 1100. The Morgan fingerprint density at radius 1 is 1.15 bits per heavy atom. The maximum absolute atomic E-state index is 13.0. The highest BCUT2D eigenvalue weighted by molar-refractivity contribution is 7.20. The number of hydrogen-bond donors (Lipinski definition) is 1. The van der Waals surface area contributed by atoms with Gasteiger partial charge in [-0.25, -0.2) is 9.07 Å². The second kappa shape index (κ2) is 6.55. The molecular formula is C19H13ClFN3OS. The first-order valence-corrected chi connectivity index (χ1v) is 9.03. The van der Waals surface area contributed by atoms with E-state index < -0.39 is 0 Å². The minimum atomic E-state index is -0.344. The van der Waals surface area contributed by atoms with Crippen molar-refractivity contribution < 1.29 is 9.18 Å². The van der Waals surface area contributed by atoms with Gasteiger partial charge in [0, 0.05) is 16.1 Å². The van der Waals surface area contributed by atoms with Crippen molar-refractivity contribution in [2.75, 3.05) is 5.32 Å². The number of hydrogen-bond acceptors (Lipinski definition) is 3. The molecule has 2 heterocycles. The van der Waals surface area contributed by atoms with Gasteiger partial charge in [-0.1, -0.05) is 11.6 Å². The molecule has 0 saturated carbocycles. The van der Waals surface area contributed by atoms with Crippen LogP contribution < -0.4 is 5.32 Å². The summed E-state index contributed by atoms with van der Waals surface area (Å²) in [5, 5.41) is 8.91. The van der Waals surface area contributed by atoms with Gasteiger partial charge < -0.3 is 5.32 Å². The average Bonchev–Trinajstić information content (AvgIpc) is 3.19. The van der Waals surface area contributed by atoms with E-state index in [4.69, 9.17) is 11.6 Å². The molecule has 0 spiro atoms. The Hall–Kier alpha value is -2.70. The number of carbonyl (C=O) groups is 1. The van der Waals surface area contributed by atoms with Crippen LogP contribution in [0.3, 0.4) is 0 Å². The van der Waals surface area contributed by atoms with Crippen molar-refractivity contribution in [2.45, 2.75) is 6.92 Å². The zero-order valence-electron chi connectivity index (χ0n) is 13.7. The molecule has 0 saturated heterocycles. The number of benzene rings is 2. The minimum absolute atomic E-state index is 0.236. The van der Waals surface area contributed by atoms with Crippen LogP contribution in [-0.4, -0.2) is 15.7 Å². The third kappa shape index (κ3) is 3.09. The summed E-state index contributed by atoms with van der Waals surface area (Å²) in [6, 6.07) is 14.9. The van der Waals surface area contributed by atoms with Crippen LogP contribution in [0.5, 0.6) is 0 Å². The molecule has 0 aliphatic carbocycles. The van der Waals surface area contributed by atoms with Crippen LogP contribution in [0.25, 0.3) is 15.9 Å². The van der Waals surface area contributed by atoms with E-state index >= 15 is 0 Å². The highest BCUT2D eigenvalue weighted by atomic mass is 35.5. The number of nitrogens with one attached hydrogen (secondary N) is 1. The standard InChI is InChI=1S/C19H13ClFN3OS/c1-11-16-10-17(18(25)22-14-6-4-13(21)5-7-14)26-19(16)24(23-11)15-8-2-12(20)3-9-15/h2-10H,1H3,(H,22,25). The Morgan fingerprint density at radius 2 is 1.85 bits per heavy atom. The summed E-state index contributed by atoms with van der Waals surface area (Å²) in [6.45, 7) is 1.91. The van der Waals surface area contributed by atoms with Gasteiger partial charge in [0.05, 0.1) is 16.3 Å². The molecule has 0 atom stereocenters. The molecule has 130 valence electrons. The van der Waals surface area contributed by atoms with Gasteiger partial charge >= 0.3 is 0 Å². The van der Waals surface area contributed by atoms with E-state index in [1.165, 1.54) is 35.6 Å². The Morgan fingerprint density at radius 3 is 2.54 bits per heavy atom. The topological polar surface area (TPSA) is 46.9 Å². The van der Waals surface area contributed by atoms with Crippen molar-refractivity contribution in [1.29, 1.82) is 0 Å². The number of halogens is 2. The predicted octanol–water partition coefficient (Wildman–Crippen LogP) is 5.44. The maximum atomic E-state index is 13.0. The lowest BCUT2D eigenvalue weighted by Gasteiger charge is -2.03. The van der Waals surface area contributed by atoms with Gasteiger partial charge in [0.25, 0.3) is 5.91 Å². The van der Waals surface area contributed by atoms with Crippen LogP contribution in [-0.2, 0) is 0 Å². The molecule has 4 rings (SSSR count). The summed E-state index contributed by atoms with van der Waals surface area (Å²) in [5.74, 6) is -0.580. The fraction of sp³-hybridized carbons (Fsp3) is 0.0526. The summed E-state index contributed by atoms with van der Waals surface area (Å²) in [7, 11) is 0. The number of amides is 1. The van der Waals surface area contributed by atoms with Crippen LogP contribution in [0.15, 0.2) is 54.6 Å². The number of fused-ring (bicyclic) bond motifs is 1. The third-order valence-electron chi connectivity index (χ3n) is 3.94. The highest BCUT2D eigenvalue weighted by Crippen LogP contribution is 2.31. The molecule has 0 aliphatic rings. The Kier molecular flexibility index (Phi) is 4.22. The smallest absolute Gasteiger partial charge is 0.265 e. The fourth-order valence-electron chi connectivity index (χ4n) is 2.64. The summed E-state index contributed by atoms with van der Waals surface area (Å²) >= 11 is 7.31. The maximum Gasteiger partial charge on any atom is 0.265 e. The lowest BCUT2D eigenvalue weighted by Crippen LogP contribution is -2.10. The third-order valence-corrected chi connectivity index (χ3v) is 5.30. The lowest BCUT2D eigenvalue weighted by molar-refractivity contribution is 0.103. The van der Waals surface area contributed by atoms with Crippen LogP contribution in [0.2, 0.25) is 5.02 Å². The van der Waals surface area contributed by atoms with Crippen LogP contribution in [0, 0.1) is 12.7 Å². The molecule has 4 nitrogen and oxygen atoms in total. The molecule has 4 aromatic rings. The highest BCUT2D eigenvalue weighted by Gasteiger charge is 2.17. The molecule has 1 amide bonds. The van der Waals surface area contributed by atoms with Gasteiger partial charge in [0.2, 0.25) is 0 Å². The molecule has 7 heteroatoms. The van der Waals surface area contributed by atoms with E-state index in [1.54, 1.807) is 16.8 Å². The average molecular weight is 386 g/mol. The number of aromatic nitrogens is 2. The van der Waals surface area contributed by atoms with Crippen LogP contribution >= 0.6 is 22.9 Å². The largest absolute Gasteiger partial charge is 0.321 e. The zero-order chi connectivity index (χ0) is 18.3. The zero-order valence-corrected chi connectivity index (χ0v) is 15.2. The van der Waals surface area contributed by atoms with E-state index in [1.807, 2.05) is 25.1 Å². The molecule has 1 N–H and O–H groups in total. The first kappa shape index (κ1) is 16.8. The normalized spacial score (nSPS) is 11.0. The molecular weight excluding hydrogens is 373 g/mol. The number of carbonyl (C=O) groups excluding carboxylic acids is 1. The monoisotopic (exact) mass is 385 g/mol. The number of thiophene rings is 1. The number of nitrogens with zero attached hydrogens (tertiary/aromatic N) is 2. The van der Waals surface area contributed by atoms with E-state index in [9.17, 15) is 9.18 Å². The van der Waals surface area contributed by atoms with E-state index in [0.29, 0.717) is 15.6 Å². The quantitative estimate of drug-likeness (QED) is 0.510. The van der Waals surface area contributed by atoms with Crippen molar-refractivity contribution >= 4 is 44.7 Å². The minimum Gasteiger partial charge on any atom is -0.321 e. The van der Waals surface area contributed by atoms with Gasteiger partial charge in [-0.05, 0) is 61.5 Å². The van der Waals surface area contributed by atoms with Gasteiger partial charge in [-0.3, -0.25) is 4.79 Å². The molecule has 0 radical (unpaired) electrons. The van der Waals surface area contributed by atoms with E-state index in [2.05, 4.69) is 10.4 Å². The van der Waals surface area contributed by atoms with Gasteiger partial charge in [-0.2, -0.15) is 5.10 Å². The van der Waals surface area contributed by atoms with E-state index in [0.717, 1.165) is 21.6 Å². The second-order valence-corrected chi connectivity index (χ2v) is 7.23. The Balaban J connectivity index is 1.69. The first-order chi connectivity index (χ1) is 12.5. The summed E-state index contributed by atoms with van der Waals surface area (Å²) in [6.07, 6.45) is 0. The summed E-state index contributed by atoms with van der Waals surface area (Å²) in [4.78, 5) is 14.0. The van der Waals surface area contributed by atoms with E-state index in [-0.39, 0.29) is 11.7 Å². The molecule has 0 unspecified atom stereocenters. The molecule has 26 heavy (non-hydrogen) atoms.